The molecule has 1 rings (SSSR count). The van der Waals surface area contributed by atoms with E-state index in [9.17, 15) is 4.79 Å². The molecule has 0 unspecified atom stereocenters. The highest BCUT2D eigenvalue weighted by Crippen LogP contribution is 2.26. The Hall–Kier alpha value is -1.36. The Morgan fingerprint density at radius 3 is 2.89 bits per heavy atom. The topological polar surface area (TPSA) is 64.4 Å². The Morgan fingerprint density at radius 1 is 1.42 bits per heavy atom. The third-order valence-electron chi connectivity index (χ3n) is 2.61. The molecule has 0 saturated heterocycles. The lowest BCUT2D eigenvalue weighted by molar-refractivity contribution is -0.115. The highest BCUT2D eigenvalue weighted by molar-refractivity contribution is 7.99. The Balaban J connectivity index is 2.41. The summed E-state index contributed by atoms with van der Waals surface area (Å²) in [4.78, 5) is 11.8. The molecule has 0 aliphatic carbocycles. The van der Waals surface area contributed by atoms with Crippen LogP contribution in [0.5, 0.6) is 5.75 Å². The monoisotopic (exact) mass is 282 g/mol. The molecule has 106 valence electrons. The first kappa shape index (κ1) is 15.7. The number of nitrogens with one attached hydrogen (secondary N) is 1. The van der Waals surface area contributed by atoms with Crippen molar-refractivity contribution in [2.45, 2.75) is 26.2 Å². The number of ether oxygens (including phenoxy) is 1. The molecule has 0 spiro atoms. The summed E-state index contributed by atoms with van der Waals surface area (Å²) in [5, 5.41) is 2.84. The van der Waals surface area contributed by atoms with Crippen LogP contribution in [0.3, 0.4) is 0 Å². The first-order valence-corrected chi connectivity index (χ1v) is 7.64. The summed E-state index contributed by atoms with van der Waals surface area (Å²) in [7, 11) is 1.57. The van der Waals surface area contributed by atoms with Gasteiger partial charge >= 0.3 is 0 Å². The van der Waals surface area contributed by atoms with Crippen LogP contribution in [0.25, 0.3) is 0 Å². The second kappa shape index (κ2) is 8.69. The van der Waals surface area contributed by atoms with Crippen molar-refractivity contribution in [3.63, 3.8) is 0 Å². The lowest BCUT2D eigenvalue weighted by Crippen LogP contribution is -2.13. The number of carbonyl (C=O) groups is 1. The molecule has 0 heterocycles. The maximum Gasteiger partial charge on any atom is 0.225 e. The summed E-state index contributed by atoms with van der Waals surface area (Å²) in [6.07, 6.45) is 2.90. The summed E-state index contributed by atoms with van der Waals surface area (Å²) >= 11 is 1.81. The van der Waals surface area contributed by atoms with Crippen LogP contribution in [-0.4, -0.2) is 24.5 Å². The van der Waals surface area contributed by atoms with Gasteiger partial charge in [-0.1, -0.05) is 13.3 Å². The number of hydrogen-bond acceptors (Lipinski definition) is 4. The van der Waals surface area contributed by atoms with Gasteiger partial charge in [0, 0.05) is 17.9 Å². The lowest BCUT2D eigenvalue weighted by Gasteiger charge is -2.10. The number of thioether (sulfide) groups is 1. The van der Waals surface area contributed by atoms with Crippen molar-refractivity contribution in [1.29, 1.82) is 0 Å². The van der Waals surface area contributed by atoms with Gasteiger partial charge in [-0.3, -0.25) is 4.79 Å². The van der Waals surface area contributed by atoms with Crippen LogP contribution in [0.1, 0.15) is 26.2 Å². The largest absolute Gasteiger partial charge is 0.495 e. The van der Waals surface area contributed by atoms with Crippen molar-refractivity contribution in [3.05, 3.63) is 18.2 Å². The summed E-state index contributed by atoms with van der Waals surface area (Å²) < 4.78 is 5.18. The quantitative estimate of drug-likeness (QED) is 0.568. The number of hydrogen-bond donors (Lipinski definition) is 2. The fraction of sp³-hybridized carbons (Fsp3) is 0.500. The highest BCUT2D eigenvalue weighted by atomic mass is 32.2. The highest BCUT2D eigenvalue weighted by Gasteiger charge is 2.07. The van der Waals surface area contributed by atoms with Crippen LogP contribution in [0.2, 0.25) is 0 Å². The lowest BCUT2D eigenvalue weighted by atomic mass is 10.2. The number of nitrogens with two attached hydrogens (primary N) is 1. The van der Waals surface area contributed by atoms with E-state index in [4.69, 9.17) is 10.5 Å². The first-order chi connectivity index (χ1) is 9.17. The van der Waals surface area contributed by atoms with Crippen LogP contribution in [0, 0.1) is 0 Å². The molecule has 5 heteroatoms. The van der Waals surface area contributed by atoms with Gasteiger partial charge in [0.25, 0.3) is 0 Å². The zero-order valence-corrected chi connectivity index (χ0v) is 12.4. The zero-order chi connectivity index (χ0) is 14.1. The van der Waals surface area contributed by atoms with E-state index in [0.717, 1.165) is 11.5 Å². The SMILES string of the molecule is CCCCSCCC(=O)Nc1cc(N)ccc1OC. The number of rotatable bonds is 8. The molecular formula is C14H22N2O2S. The molecule has 0 saturated carbocycles. The van der Waals surface area contributed by atoms with Gasteiger partial charge in [0.2, 0.25) is 5.91 Å². The van der Waals surface area contributed by atoms with Gasteiger partial charge in [-0.05, 0) is 30.4 Å². The van der Waals surface area contributed by atoms with Crippen molar-refractivity contribution in [1.82, 2.24) is 0 Å². The number of unbranched alkanes of at least 4 members (excludes halogenated alkanes) is 1. The minimum Gasteiger partial charge on any atom is -0.495 e. The average molecular weight is 282 g/mol. The summed E-state index contributed by atoms with van der Waals surface area (Å²) in [5.74, 6) is 2.58. The first-order valence-electron chi connectivity index (χ1n) is 6.48. The number of benzene rings is 1. The van der Waals surface area contributed by atoms with E-state index in [2.05, 4.69) is 12.2 Å². The fourth-order valence-electron chi connectivity index (χ4n) is 1.55. The van der Waals surface area contributed by atoms with Crippen LogP contribution >= 0.6 is 11.8 Å². The number of nitrogen functional groups attached to an aromatic ring is 1. The molecule has 4 nitrogen and oxygen atoms in total. The predicted octanol–water partition coefficient (Wildman–Crippen LogP) is 3.14. The minimum absolute atomic E-state index is 0.00658. The molecule has 0 radical (unpaired) electrons. The maximum atomic E-state index is 11.8. The number of amides is 1. The van der Waals surface area contributed by atoms with E-state index >= 15 is 0 Å². The predicted molar refractivity (Wildman–Crippen MR) is 82.9 cm³/mol. The van der Waals surface area contributed by atoms with E-state index in [0.29, 0.717) is 23.5 Å². The van der Waals surface area contributed by atoms with Gasteiger partial charge in [0.15, 0.2) is 0 Å². The maximum absolute atomic E-state index is 11.8. The van der Waals surface area contributed by atoms with Gasteiger partial charge < -0.3 is 15.8 Å². The molecule has 0 fully saturated rings. The smallest absolute Gasteiger partial charge is 0.225 e. The van der Waals surface area contributed by atoms with Crippen molar-refractivity contribution < 1.29 is 9.53 Å². The second-order valence-corrected chi connectivity index (χ2v) is 5.45. The van der Waals surface area contributed by atoms with Gasteiger partial charge in [0.05, 0.1) is 12.8 Å². The van der Waals surface area contributed by atoms with Gasteiger partial charge in [-0.2, -0.15) is 11.8 Å². The van der Waals surface area contributed by atoms with E-state index in [1.807, 2.05) is 11.8 Å². The Kier molecular flexibility index (Phi) is 7.18. The second-order valence-electron chi connectivity index (χ2n) is 4.22. The fourth-order valence-corrected chi connectivity index (χ4v) is 2.58. The molecule has 0 aliphatic heterocycles. The molecule has 1 amide bonds. The minimum atomic E-state index is -0.00658. The number of carbonyl (C=O) groups excluding carboxylic acids is 1. The van der Waals surface area contributed by atoms with Gasteiger partial charge in [0.1, 0.15) is 5.75 Å². The van der Waals surface area contributed by atoms with E-state index in [-0.39, 0.29) is 5.91 Å². The Bertz CT molecular complexity index is 410. The van der Waals surface area contributed by atoms with Crippen molar-refractivity contribution in [2.75, 3.05) is 29.7 Å². The average Bonchev–Trinajstić information content (AvgIpc) is 2.39. The number of methoxy groups -OCH3 is 1. The van der Waals surface area contributed by atoms with Gasteiger partial charge in [-0.25, -0.2) is 0 Å². The summed E-state index contributed by atoms with van der Waals surface area (Å²) in [5.41, 5.74) is 6.94. The van der Waals surface area contributed by atoms with Crippen molar-refractivity contribution in [2.24, 2.45) is 0 Å². The third-order valence-corrected chi connectivity index (χ3v) is 3.68. The van der Waals surface area contributed by atoms with Crippen LogP contribution in [0.15, 0.2) is 18.2 Å². The van der Waals surface area contributed by atoms with Crippen LogP contribution in [-0.2, 0) is 4.79 Å². The van der Waals surface area contributed by atoms with Crippen molar-refractivity contribution >= 4 is 29.0 Å². The normalized spacial score (nSPS) is 10.2. The Morgan fingerprint density at radius 2 is 2.21 bits per heavy atom. The van der Waals surface area contributed by atoms with E-state index < -0.39 is 0 Å². The molecule has 0 aromatic heterocycles. The standard InChI is InChI=1S/C14H22N2O2S/c1-3-4-8-19-9-7-14(17)16-12-10-11(15)5-6-13(12)18-2/h5-6,10H,3-4,7-9,15H2,1-2H3,(H,16,17). The zero-order valence-electron chi connectivity index (χ0n) is 11.6. The number of anilines is 2. The van der Waals surface area contributed by atoms with Crippen LogP contribution in [0.4, 0.5) is 11.4 Å². The molecule has 3 N–H and O–H groups in total. The molecule has 0 bridgehead atoms. The van der Waals surface area contributed by atoms with Crippen molar-refractivity contribution in [3.8, 4) is 5.75 Å². The van der Waals surface area contributed by atoms with E-state index in [1.54, 1.807) is 25.3 Å². The van der Waals surface area contributed by atoms with E-state index in [1.165, 1.54) is 12.8 Å². The van der Waals surface area contributed by atoms with Gasteiger partial charge in [-0.15, -0.1) is 0 Å². The Labute approximate surface area is 119 Å². The molecule has 19 heavy (non-hydrogen) atoms. The summed E-state index contributed by atoms with van der Waals surface area (Å²) in [6, 6.07) is 5.21. The molecule has 1 aromatic rings. The molecule has 1 aromatic carbocycles. The molecule has 0 aliphatic rings. The van der Waals surface area contributed by atoms with Crippen LogP contribution < -0.4 is 15.8 Å². The summed E-state index contributed by atoms with van der Waals surface area (Å²) in [6.45, 7) is 2.17. The molecule has 0 atom stereocenters. The molecular weight excluding hydrogens is 260 g/mol. The third kappa shape index (κ3) is 5.87.